The van der Waals surface area contributed by atoms with Gasteiger partial charge in [-0.3, -0.25) is 14.3 Å². The topological polar surface area (TPSA) is 76.9 Å². The van der Waals surface area contributed by atoms with Crippen molar-refractivity contribution in [1.82, 2.24) is 14.8 Å². The van der Waals surface area contributed by atoms with E-state index in [4.69, 9.17) is 11.6 Å². The summed E-state index contributed by atoms with van der Waals surface area (Å²) in [6, 6.07) is 15.8. The summed E-state index contributed by atoms with van der Waals surface area (Å²) in [5.41, 5.74) is 3.30. The van der Waals surface area contributed by atoms with Crippen LogP contribution in [0.25, 0.3) is 11.0 Å². The number of carbonyl (C=O) groups excluding carboxylic acids is 2. The minimum absolute atomic E-state index is 0.0757. The first-order valence-electron chi connectivity index (χ1n) is 8.94. The molecule has 144 valence electrons. The van der Waals surface area contributed by atoms with E-state index in [-0.39, 0.29) is 17.3 Å². The molecule has 0 aliphatic carbocycles. The van der Waals surface area contributed by atoms with E-state index in [0.717, 1.165) is 0 Å². The maximum atomic E-state index is 12.7. The predicted octanol–water partition coefficient (Wildman–Crippen LogP) is 4.41. The molecule has 0 bridgehead atoms. The molecule has 2 aromatic heterocycles. The van der Waals surface area contributed by atoms with Gasteiger partial charge in [0.2, 0.25) is 0 Å². The Kier molecular flexibility index (Phi) is 4.86. The van der Waals surface area contributed by atoms with Gasteiger partial charge in [-0.2, -0.15) is 5.10 Å². The molecule has 1 N–H and O–H groups in total. The second-order valence-electron chi connectivity index (χ2n) is 6.62. The summed E-state index contributed by atoms with van der Waals surface area (Å²) >= 11 is 6.46. The highest BCUT2D eigenvalue weighted by Gasteiger charge is 2.18. The van der Waals surface area contributed by atoms with Crippen LogP contribution in [-0.4, -0.2) is 26.5 Å². The average molecular weight is 405 g/mol. The van der Waals surface area contributed by atoms with Gasteiger partial charge in [0.25, 0.3) is 5.91 Å². The first-order valence-corrected chi connectivity index (χ1v) is 9.32. The molecule has 0 radical (unpaired) electrons. The predicted molar refractivity (Wildman–Crippen MR) is 113 cm³/mol. The van der Waals surface area contributed by atoms with Crippen molar-refractivity contribution in [3.63, 3.8) is 0 Å². The van der Waals surface area contributed by atoms with E-state index in [1.54, 1.807) is 48.1 Å². The Morgan fingerprint density at radius 1 is 1.00 bits per heavy atom. The van der Waals surface area contributed by atoms with Crippen LogP contribution in [-0.2, 0) is 7.05 Å². The van der Waals surface area contributed by atoms with Gasteiger partial charge in [-0.1, -0.05) is 41.9 Å². The molecular weight excluding hydrogens is 388 g/mol. The summed E-state index contributed by atoms with van der Waals surface area (Å²) < 4.78 is 1.63. The fraction of sp³-hybridized carbons (Fsp3) is 0.0909. The maximum Gasteiger partial charge on any atom is 0.258 e. The Bertz CT molecular complexity index is 1230. The Labute approximate surface area is 172 Å². The molecule has 0 fully saturated rings. The average Bonchev–Trinajstić information content (AvgIpc) is 3.03. The lowest BCUT2D eigenvalue weighted by atomic mass is 10.0. The standard InChI is InChI=1S/C22H17ClN4O2/c1-13-18-19(23)17(12-24-21(18)27(2)26-13)22(29)25-16-10-8-15(9-11-16)20(28)14-6-4-3-5-7-14/h3-12H,1-2H3,(H,25,29). The van der Waals surface area contributed by atoms with Gasteiger partial charge in [0.1, 0.15) is 0 Å². The van der Waals surface area contributed by atoms with Crippen molar-refractivity contribution in [2.45, 2.75) is 6.92 Å². The number of halogens is 1. The summed E-state index contributed by atoms with van der Waals surface area (Å²) in [4.78, 5) is 29.5. The van der Waals surface area contributed by atoms with Crippen LogP contribution in [0.2, 0.25) is 5.02 Å². The smallest absolute Gasteiger partial charge is 0.258 e. The molecule has 4 rings (SSSR count). The summed E-state index contributed by atoms with van der Waals surface area (Å²) in [5, 5.41) is 8.06. The van der Waals surface area contributed by atoms with Gasteiger partial charge in [0.05, 0.1) is 21.7 Å². The van der Waals surface area contributed by atoms with E-state index in [1.165, 1.54) is 6.20 Å². The number of amides is 1. The molecule has 6 nitrogen and oxygen atoms in total. The highest BCUT2D eigenvalue weighted by molar-refractivity contribution is 6.39. The third-order valence-corrected chi connectivity index (χ3v) is 5.04. The zero-order valence-electron chi connectivity index (χ0n) is 15.8. The molecule has 0 saturated heterocycles. The Hall–Kier alpha value is -3.51. The van der Waals surface area contributed by atoms with Crippen LogP contribution in [0.4, 0.5) is 5.69 Å². The molecule has 0 atom stereocenters. The normalized spacial score (nSPS) is 10.9. The van der Waals surface area contributed by atoms with Gasteiger partial charge >= 0.3 is 0 Å². The minimum atomic E-state index is -0.380. The number of hydrogen-bond acceptors (Lipinski definition) is 4. The van der Waals surface area contributed by atoms with E-state index in [9.17, 15) is 9.59 Å². The number of fused-ring (bicyclic) bond motifs is 1. The molecule has 4 aromatic rings. The molecular formula is C22H17ClN4O2. The molecule has 2 heterocycles. The SMILES string of the molecule is Cc1nn(C)c2ncc(C(=O)Nc3ccc(C(=O)c4ccccc4)cc3)c(Cl)c12. The molecule has 0 saturated carbocycles. The van der Waals surface area contributed by atoms with Crippen molar-refractivity contribution in [3.05, 3.63) is 88.2 Å². The van der Waals surface area contributed by atoms with Crippen molar-refractivity contribution < 1.29 is 9.59 Å². The molecule has 1 amide bonds. The number of nitrogens with one attached hydrogen (secondary N) is 1. The van der Waals surface area contributed by atoms with E-state index in [2.05, 4.69) is 15.4 Å². The van der Waals surface area contributed by atoms with Gasteiger partial charge in [-0.25, -0.2) is 4.98 Å². The molecule has 0 spiro atoms. The van der Waals surface area contributed by atoms with E-state index in [0.29, 0.717) is 38.6 Å². The number of rotatable bonds is 4. The van der Waals surface area contributed by atoms with Gasteiger partial charge in [-0.05, 0) is 31.2 Å². The number of anilines is 1. The second kappa shape index (κ2) is 7.48. The number of nitrogens with zero attached hydrogens (tertiary/aromatic N) is 3. The van der Waals surface area contributed by atoms with Gasteiger partial charge in [0, 0.05) is 30.1 Å². The van der Waals surface area contributed by atoms with Crippen molar-refractivity contribution in [1.29, 1.82) is 0 Å². The van der Waals surface area contributed by atoms with Crippen LogP contribution in [0.3, 0.4) is 0 Å². The number of aromatic nitrogens is 3. The zero-order valence-corrected chi connectivity index (χ0v) is 16.6. The van der Waals surface area contributed by atoms with E-state index >= 15 is 0 Å². The van der Waals surface area contributed by atoms with Crippen LogP contribution in [0.15, 0.2) is 60.8 Å². The van der Waals surface area contributed by atoms with E-state index in [1.807, 2.05) is 25.1 Å². The van der Waals surface area contributed by atoms with Crippen LogP contribution in [0.5, 0.6) is 0 Å². The van der Waals surface area contributed by atoms with Crippen molar-refractivity contribution in [2.75, 3.05) is 5.32 Å². The molecule has 0 aliphatic rings. The summed E-state index contributed by atoms with van der Waals surface area (Å²) in [6.45, 7) is 1.82. The summed E-state index contributed by atoms with van der Waals surface area (Å²) in [6.07, 6.45) is 1.44. The molecule has 7 heteroatoms. The molecule has 0 aliphatic heterocycles. The maximum absolute atomic E-state index is 12.7. The van der Waals surface area contributed by atoms with E-state index < -0.39 is 0 Å². The fourth-order valence-electron chi connectivity index (χ4n) is 3.19. The lowest BCUT2D eigenvalue weighted by Gasteiger charge is -2.08. The number of carbonyl (C=O) groups is 2. The number of ketones is 1. The van der Waals surface area contributed by atoms with Crippen LogP contribution < -0.4 is 5.32 Å². The lowest BCUT2D eigenvalue weighted by Crippen LogP contribution is -2.13. The Morgan fingerprint density at radius 3 is 2.34 bits per heavy atom. The highest BCUT2D eigenvalue weighted by atomic mass is 35.5. The lowest BCUT2D eigenvalue weighted by molar-refractivity contribution is 0.102. The van der Waals surface area contributed by atoms with Crippen LogP contribution in [0, 0.1) is 6.92 Å². The van der Waals surface area contributed by atoms with Crippen LogP contribution >= 0.6 is 11.6 Å². The summed E-state index contributed by atoms with van der Waals surface area (Å²) in [5.74, 6) is -0.456. The quantitative estimate of drug-likeness (QED) is 0.511. The van der Waals surface area contributed by atoms with Crippen molar-refractivity contribution >= 4 is 40.0 Å². The Morgan fingerprint density at radius 2 is 1.66 bits per heavy atom. The number of hydrogen-bond donors (Lipinski definition) is 1. The molecule has 0 unspecified atom stereocenters. The van der Waals surface area contributed by atoms with Gasteiger partial charge < -0.3 is 5.32 Å². The largest absolute Gasteiger partial charge is 0.322 e. The van der Waals surface area contributed by atoms with Gasteiger partial charge in [-0.15, -0.1) is 0 Å². The Balaban J connectivity index is 1.56. The number of aryl methyl sites for hydroxylation is 2. The number of benzene rings is 2. The monoisotopic (exact) mass is 404 g/mol. The second-order valence-corrected chi connectivity index (χ2v) is 7.00. The van der Waals surface area contributed by atoms with Crippen molar-refractivity contribution in [3.8, 4) is 0 Å². The van der Waals surface area contributed by atoms with Gasteiger partial charge in [0.15, 0.2) is 11.4 Å². The molecule has 2 aromatic carbocycles. The van der Waals surface area contributed by atoms with Crippen LogP contribution in [0.1, 0.15) is 32.0 Å². The zero-order chi connectivity index (χ0) is 20.5. The molecule has 29 heavy (non-hydrogen) atoms. The first kappa shape index (κ1) is 18.8. The first-order chi connectivity index (χ1) is 14.0. The fourth-order valence-corrected chi connectivity index (χ4v) is 3.54. The van der Waals surface area contributed by atoms with Crippen molar-refractivity contribution in [2.24, 2.45) is 7.05 Å². The highest BCUT2D eigenvalue weighted by Crippen LogP contribution is 2.28. The third kappa shape index (κ3) is 3.50. The third-order valence-electron chi connectivity index (χ3n) is 4.65. The number of pyridine rings is 1. The summed E-state index contributed by atoms with van der Waals surface area (Å²) in [7, 11) is 1.77. The minimum Gasteiger partial charge on any atom is -0.322 e.